The molecule has 0 bridgehead atoms. The Hall–Kier alpha value is -1.07. The zero-order valence-electron chi connectivity index (χ0n) is 11.0. The van der Waals surface area contributed by atoms with E-state index >= 15 is 0 Å². The third-order valence-electron chi connectivity index (χ3n) is 4.19. The molecule has 100 valence electrons. The van der Waals surface area contributed by atoms with Crippen molar-refractivity contribution in [1.82, 2.24) is 14.5 Å². The Bertz CT molecular complexity index is 392. The summed E-state index contributed by atoms with van der Waals surface area (Å²) >= 11 is 0. The largest absolute Gasteiger partial charge is 0.383 e. The van der Waals surface area contributed by atoms with Gasteiger partial charge in [0.15, 0.2) is 0 Å². The van der Waals surface area contributed by atoms with Crippen LogP contribution in [0.1, 0.15) is 25.3 Å². The number of aromatic nitrogens is 2. The number of hydrogen-bond acceptors (Lipinski definition) is 4. The van der Waals surface area contributed by atoms with Crippen LogP contribution in [0.25, 0.3) is 0 Å². The van der Waals surface area contributed by atoms with Gasteiger partial charge in [0.05, 0.1) is 12.6 Å². The molecule has 18 heavy (non-hydrogen) atoms. The number of methoxy groups -OCH3 is 1. The molecule has 1 aromatic rings. The van der Waals surface area contributed by atoms with Gasteiger partial charge < -0.3 is 14.6 Å². The molecule has 5 nitrogen and oxygen atoms in total. The Morgan fingerprint density at radius 2 is 2.33 bits per heavy atom. The molecule has 2 saturated heterocycles. The van der Waals surface area contributed by atoms with E-state index in [4.69, 9.17) is 4.74 Å². The summed E-state index contributed by atoms with van der Waals surface area (Å²) in [7, 11) is 1.72. The summed E-state index contributed by atoms with van der Waals surface area (Å²) in [6, 6.07) is 1.32. The third-order valence-corrected chi connectivity index (χ3v) is 4.19. The highest BCUT2D eigenvalue weighted by atomic mass is 16.5. The van der Waals surface area contributed by atoms with Crippen LogP contribution in [-0.2, 0) is 4.74 Å². The number of hydrogen-bond donors (Lipinski definition) is 1. The Morgan fingerprint density at radius 1 is 1.39 bits per heavy atom. The molecule has 0 amide bonds. The lowest BCUT2D eigenvalue weighted by molar-refractivity contribution is 0.210. The van der Waals surface area contributed by atoms with Gasteiger partial charge in [-0.05, 0) is 25.8 Å². The van der Waals surface area contributed by atoms with Crippen LogP contribution in [-0.4, -0.2) is 53.8 Å². The Kier molecular flexibility index (Phi) is 3.52. The van der Waals surface area contributed by atoms with Gasteiger partial charge in [-0.15, -0.1) is 0 Å². The first-order valence-electron chi connectivity index (χ1n) is 6.90. The second kappa shape index (κ2) is 5.28. The number of fused-ring (bicyclic) bond motifs is 1. The molecule has 5 heteroatoms. The van der Waals surface area contributed by atoms with Crippen molar-refractivity contribution in [2.45, 2.75) is 31.3 Å². The molecule has 2 fully saturated rings. The van der Waals surface area contributed by atoms with Crippen molar-refractivity contribution in [1.29, 1.82) is 0 Å². The van der Waals surface area contributed by atoms with Gasteiger partial charge in [0.1, 0.15) is 0 Å². The summed E-state index contributed by atoms with van der Waals surface area (Å²) in [5.74, 6) is 0.991. The lowest BCUT2D eigenvalue weighted by atomic mass is 10.1. The van der Waals surface area contributed by atoms with E-state index in [0.29, 0.717) is 12.6 Å². The van der Waals surface area contributed by atoms with Crippen LogP contribution in [0.2, 0.25) is 0 Å². The van der Waals surface area contributed by atoms with Crippen LogP contribution in [0, 0.1) is 0 Å². The van der Waals surface area contributed by atoms with Crippen LogP contribution in [0.4, 0.5) is 5.95 Å². The predicted molar refractivity (Wildman–Crippen MR) is 70.8 cm³/mol. The summed E-state index contributed by atoms with van der Waals surface area (Å²) in [4.78, 5) is 7.05. The van der Waals surface area contributed by atoms with E-state index in [1.165, 1.54) is 32.4 Å². The summed E-state index contributed by atoms with van der Waals surface area (Å²) in [5, 5.41) is 3.36. The van der Waals surface area contributed by atoms with Crippen molar-refractivity contribution >= 4 is 5.95 Å². The van der Waals surface area contributed by atoms with Gasteiger partial charge in [-0.3, -0.25) is 4.90 Å². The molecule has 0 aliphatic carbocycles. The highest BCUT2D eigenvalue weighted by Gasteiger charge is 2.38. The molecule has 0 radical (unpaired) electrons. The molecule has 0 spiro atoms. The highest BCUT2D eigenvalue weighted by Crippen LogP contribution is 2.37. The maximum atomic E-state index is 5.07. The fourth-order valence-corrected chi connectivity index (χ4v) is 3.36. The van der Waals surface area contributed by atoms with Crippen LogP contribution in [0.5, 0.6) is 0 Å². The minimum atomic E-state index is 0.597. The molecule has 2 aliphatic heterocycles. The molecule has 2 unspecified atom stereocenters. The fraction of sp³-hybridized carbons (Fsp3) is 0.769. The second-order valence-corrected chi connectivity index (χ2v) is 5.18. The lowest BCUT2D eigenvalue weighted by Gasteiger charge is -2.23. The van der Waals surface area contributed by atoms with Crippen molar-refractivity contribution in [3.05, 3.63) is 12.4 Å². The zero-order valence-corrected chi connectivity index (χ0v) is 11.0. The second-order valence-electron chi connectivity index (χ2n) is 5.18. The maximum Gasteiger partial charge on any atom is 0.203 e. The van der Waals surface area contributed by atoms with Crippen molar-refractivity contribution in [3.63, 3.8) is 0 Å². The molecule has 0 aromatic carbocycles. The summed E-state index contributed by atoms with van der Waals surface area (Å²) < 4.78 is 7.39. The van der Waals surface area contributed by atoms with Crippen LogP contribution < -0.4 is 5.32 Å². The Balaban J connectivity index is 1.70. The van der Waals surface area contributed by atoms with Gasteiger partial charge in [-0.2, -0.15) is 0 Å². The standard InChI is InChI=1S/C13H22N4O/c1-18-10-6-15-13-14-5-9-17(13)12-4-8-16-7-2-3-11(12)16/h5,9,11-12H,2-4,6-8,10H2,1H3,(H,14,15). The Labute approximate surface area is 108 Å². The first kappa shape index (κ1) is 12.0. The topological polar surface area (TPSA) is 42.3 Å². The number of nitrogens with zero attached hydrogens (tertiary/aromatic N) is 3. The van der Waals surface area contributed by atoms with Crippen LogP contribution in [0.3, 0.4) is 0 Å². The summed E-state index contributed by atoms with van der Waals surface area (Å²) in [6.45, 7) is 4.05. The summed E-state index contributed by atoms with van der Waals surface area (Å²) in [6.07, 6.45) is 7.94. The number of anilines is 1. The number of imidazole rings is 1. The number of rotatable bonds is 5. The van der Waals surface area contributed by atoms with E-state index in [9.17, 15) is 0 Å². The van der Waals surface area contributed by atoms with Crippen LogP contribution in [0.15, 0.2) is 12.4 Å². The zero-order chi connectivity index (χ0) is 12.4. The molecule has 2 atom stereocenters. The van der Waals surface area contributed by atoms with Gasteiger partial charge in [0, 0.05) is 38.6 Å². The van der Waals surface area contributed by atoms with E-state index < -0.39 is 0 Å². The molecule has 3 heterocycles. The SMILES string of the molecule is COCCNc1nccn1C1CCN2CCCC12. The smallest absolute Gasteiger partial charge is 0.203 e. The van der Waals surface area contributed by atoms with E-state index in [1.807, 2.05) is 6.20 Å². The molecule has 0 saturated carbocycles. The normalized spacial score (nSPS) is 27.6. The first-order valence-corrected chi connectivity index (χ1v) is 6.90. The van der Waals surface area contributed by atoms with E-state index in [-0.39, 0.29) is 0 Å². The maximum absolute atomic E-state index is 5.07. The first-order chi connectivity index (χ1) is 8.90. The third kappa shape index (κ3) is 2.12. The lowest BCUT2D eigenvalue weighted by Crippen LogP contribution is -2.28. The van der Waals surface area contributed by atoms with Crippen molar-refractivity contribution in [2.24, 2.45) is 0 Å². The number of ether oxygens (including phenoxy) is 1. The van der Waals surface area contributed by atoms with E-state index in [2.05, 4.69) is 26.0 Å². The van der Waals surface area contributed by atoms with Crippen LogP contribution >= 0.6 is 0 Å². The monoisotopic (exact) mass is 250 g/mol. The van der Waals surface area contributed by atoms with Gasteiger partial charge in [0.2, 0.25) is 5.95 Å². The van der Waals surface area contributed by atoms with Crippen molar-refractivity contribution in [2.75, 3.05) is 38.7 Å². The molecule has 2 aliphatic rings. The van der Waals surface area contributed by atoms with E-state index in [0.717, 1.165) is 18.5 Å². The highest BCUT2D eigenvalue weighted by molar-refractivity contribution is 5.27. The minimum Gasteiger partial charge on any atom is -0.383 e. The average molecular weight is 250 g/mol. The van der Waals surface area contributed by atoms with Gasteiger partial charge >= 0.3 is 0 Å². The number of nitrogens with one attached hydrogen (secondary N) is 1. The molecule has 1 aromatic heterocycles. The van der Waals surface area contributed by atoms with Gasteiger partial charge in [-0.1, -0.05) is 0 Å². The van der Waals surface area contributed by atoms with Crippen molar-refractivity contribution in [3.8, 4) is 0 Å². The molecule has 1 N–H and O–H groups in total. The molecule has 3 rings (SSSR count). The quantitative estimate of drug-likeness (QED) is 0.801. The van der Waals surface area contributed by atoms with Crippen molar-refractivity contribution < 1.29 is 4.74 Å². The Morgan fingerprint density at radius 3 is 3.22 bits per heavy atom. The molecular weight excluding hydrogens is 228 g/mol. The molecular formula is C13H22N4O. The summed E-state index contributed by atoms with van der Waals surface area (Å²) in [5.41, 5.74) is 0. The predicted octanol–water partition coefficient (Wildman–Crippen LogP) is 1.35. The fourth-order valence-electron chi connectivity index (χ4n) is 3.36. The van der Waals surface area contributed by atoms with Gasteiger partial charge in [-0.25, -0.2) is 4.98 Å². The average Bonchev–Trinajstić information content (AvgIpc) is 3.03. The van der Waals surface area contributed by atoms with Gasteiger partial charge in [0.25, 0.3) is 0 Å². The minimum absolute atomic E-state index is 0.597. The van der Waals surface area contributed by atoms with E-state index in [1.54, 1.807) is 7.11 Å².